The van der Waals surface area contributed by atoms with Gasteiger partial charge in [0.25, 0.3) is 11.9 Å². The van der Waals surface area contributed by atoms with Crippen LogP contribution in [0.15, 0.2) is 76.8 Å². The molecule has 3 aromatic rings. The van der Waals surface area contributed by atoms with Crippen molar-refractivity contribution in [1.29, 1.82) is 5.41 Å². The number of aliphatic imine (C=N–C) groups is 2. The highest BCUT2D eigenvalue weighted by molar-refractivity contribution is 6.19. The quantitative estimate of drug-likeness (QED) is 0.371. The third-order valence-corrected chi connectivity index (χ3v) is 5.85. The van der Waals surface area contributed by atoms with Crippen LogP contribution < -0.4 is 16.0 Å². The van der Waals surface area contributed by atoms with E-state index in [4.69, 9.17) is 20.6 Å². The molecule has 4 N–H and O–H groups in total. The van der Waals surface area contributed by atoms with Gasteiger partial charge in [0.1, 0.15) is 0 Å². The molecule has 188 valence electrons. The van der Waals surface area contributed by atoms with Crippen LogP contribution in [0.5, 0.6) is 0 Å². The van der Waals surface area contributed by atoms with Gasteiger partial charge in [-0.05, 0) is 6.07 Å². The van der Waals surface area contributed by atoms with Gasteiger partial charge in [0, 0.05) is 30.3 Å². The molecule has 1 fully saturated rings. The van der Waals surface area contributed by atoms with E-state index in [1.54, 1.807) is 12.1 Å². The maximum absolute atomic E-state index is 14.8. The highest BCUT2D eigenvalue weighted by atomic mass is 19.1. The highest BCUT2D eigenvalue weighted by Gasteiger charge is 2.26. The fraction of sp³-hybridized carbons (Fsp3) is 0.192. The monoisotopic (exact) mass is 501 g/mol. The molecule has 1 unspecified atom stereocenters. The predicted octanol–water partition coefficient (Wildman–Crippen LogP) is 2.53. The second-order valence-electron chi connectivity index (χ2n) is 8.27. The second kappa shape index (κ2) is 10.5. The molecule has 2 aromatic carbocycles. The second-order valence-corrected chi connectivity index (χ2v) is 8.27. The van der Waals surface area contributed by atoms with Crippen LogP contribution in [0, 0.1) is 11.2 Å². The van der Waals surface area contributed by atoms with Gasteiger partial charge in [0.05, 0.1) is 36.5 Å². The molecule has 2 aliphatic heterocycles. The number of anilines is 2. The number of halogens is 1. The molecule has 11 heteroatoms. The van der Waals surface area contributed by atoms with E-state index < -0.39 is 29.8 Å². The number of benzene rings is 2. The minimum atomic E-state index is -1.29. The van der Waals surface area contributed by atoms with Gasteiger partial charge in [-0.2, -0.15) is 4.99 Å². The minimum Gasteiger partial charge on any atom is -0.405 e. The number of morpholine rings is 1. The zero-order valence-electron chi connectivity index (χ0n) is 19.7. The van der Waals surface area contributed by atoms with Crippen molar-refractivity contribution in [3.63, 3.8) is 0 Å². The van der Waals surface area contributed by atoms with Crippen molar-refractivity contribution in [3.8, 4) is 0 Å². The summed E-state index contributed by atoms with van der Waals surface area (Å²) in [5.41, 5.74) is 8.77. The fourth-order valence-electron chi connectivity index (χ4n) is 4.05. The molecular formula is C26H24FN7O3. The molecule has 1 saturated heterocycles. The number of fused-ring (bicyclic) bond motifs is 1. The average Bonchev–Trinajstić information content (AvgIpc) is 3.05. The van der Waals surface area contributed by atoms with Crippen LogP contribution in [0.1, 0.15) is 16.8 Å². The summed E-state index contributed by atoms with van der Waals surface area (Å²) in [6.07, 6.45) is 0.165. The van der Waals surface area contributed by atoms with Crippen LogP contribution in [0.4, 0.5) is 15.8 Å². The topological polar surface area (TPSA) is 138 Å². The van der Waals surface area contributed by atoms with Gasteiger partial charge in [0.2, 0.25) is 12.1 Å². The molecule has 0 radical (unpaired) electrons. The van der Waals surface area contributed by atoms with Crippen molar-refractivity contribution < 1.29 is 18.7 Å². The first kappa shape index (κ1) is 24.1. The van der Waals surface area contributed by atoms with E-state index in [0.717, 1.165) is 11.1 Å². The lowest BCUT2D eigenvalue weighted by Crippen LogP contribution is -2.36. The number of nitrogens with two attached hydrogens (primary N) is 1. The number of carbonyl (C=O) groups is 1. The summed E-state index contributed by atoms with van der Waals surface area (Å²) in [6, 6.07) is 17.4. The van der Waals surface area contributed by atoms with Crippen molar-refractivity contribution in [2.45, 2.75) is 6.17 Å². The number of rotatable bonds is 4. The Kier molecular flexibility index (Phi) is 6.86. The highest BCUT2D eigenvalue weighted by Crippen LogP contribution is 2.24. The average molecular weight is 502 g/mol. The van der Waals surface area contributed by atoms with E-state index in [2.05, 4.69) is 20.3 Å². The van der Waals surface area contributed by atoms with Gasteiger partial charge >= 0.3 is 0 Å². The maximum atomic E-state index is 14.8. The van der Waals surface area contributed by atoms with Crippen molar-refractivity contribution in [3.05, 3.63) is 89.5 Å². The van der Waals surface area contributed by atoms with E-state index in [-0.39, 0.29) is 5.69 Å². The van der Waals surface area contributed by atoms with E-state index in [0.29, 0.717) is 43.4 Å². The van der Waals surface area contributed by atoms with Crippen molar-refractivity contribution >= 4 is 34.9 Å². The van der Waals surface area contributed by atoms with Crippen LogP contribution in [0.3, 0.4) is 0 Å². The number of para-hydroxylation sites is 1. The van der Waals surface area contributed by atoms with Gasteiger partial charge in [0.15, 0.2) is 11.5 Å². The smallest absolute Gasteiger partial charge is 0.291 e. The summed E-state index contributed by atoms with van der Waals surface area (Å²) < 4.78 is 25.3. The van der Waals surface area contributed by atoms with Gasteiger partial charge in [-0.15, -0.1) is 0 Å². The first-order chi connectivity index (χ1) is 18.0. The summed E-state index contributed by atoms with van der Waals surface area (Å²) in [6.45, 7) is 2.33. The Balaban J connectivity index is 1.38. The number of amidine groups is 1. The Labute approximate surface area is 212 Å². The Morgan fingerprint density at radius 3 is 2.65 bits per heavy atom. The van der Waals surface area contributed by atoms with Crippen LogP contribution in [-0.2, 0) is 14.3 Å². The zero-order chi connectivity index (χ0) is 25.8. The zero-order valence-corrected chi connectivity index (χ0v) is 19.7. The molecule has 37 heavy (non-hydrogen) atoms. The number of hydrogen-bond donors (Lipinski definition) is 3. The molecule has 0 aliphatic carbocycles. The van der Waals surface area contributed by atoms with Gasteiger partial charge in [-0.1, -0.05) is 48.5 Å². The Morgan fingerprint density at radius 1 is 1.16 bits per heavy atom. The normalized spacial score (nSPS) is 17.8. The molecule has 2 aliphatic rings. The van der Waals surface area contributed by atoms with E-state index in [1.807, 2.05) is 47.4 Å². The van der Waals surface area contributed by atoms with Crippen LogP contribution in [0.25, 0.3) is 0 Å². The number of benzodiazepines with no additional fused rings is 1. The van der Waals surface area contributed by atoms with E-state index in [9.17, 15) is 9.18 Å². The molecule has 3 heterocycles. The van der Waals surface area contributed by atoms with Gasteiger partial charge in [-0.3, -0.25) is 10.2 Å². The number of pyridine rings is 1. The Morgan fingerprint density at radius 2 is 1.89 bits per heavy atom. The van der Waals surface area contributed by atoms with Gasteiger partial charge in [-0.25, -0.2) is 14.4 Å². The third-order valence-electron chi connectivity index (χ3n) is 5.85. The summed E-state index contributed by atoms with van der Waals surface area (Å²) in [5.74, 6) is -1.92. The van der Waals surface area contributed by atoms with Crippen LogP contribution >= 0.6 is 0 Å². The van der Waals surface area contributed by atoms with Crippen LogP contribution in [0.2, 0.25) is 0 Å². The van der Waals surface area contributed by atoms with Gasteiger partial charge < -0.3 is 25.4 Å². The molecule has 10 nitrogen and oxygen atoms in total. The lowest BCUT2D eigenvalue weighted by atomic mass is 10.0. The number of amides is 1. The third kappa shape index (κ3) is 5.31. The largest absolute Gasteiger partial charge is 0.405 e. The number of carbonyl (C=O) groups excluding carboxylic acids is 1. The fourth-order valence-corrected chi connectivity index (χ4v) is 4.05. The first-order valence-electron chi connectivity index (χ1n) is 11.6. The summed E-state index contributed by atoms with van der Waals surface area (Å²) in [4.78, 5) is 27.5. The molecule has 1 aromatic heterocycles. The maximum Gasteiger partial charge on any atom is 0.291 e. The summed E-state index contributed by atoms with van der Waals surface area (Å²) in [5, 5.41) is 10.9. The minimum absolute atomic E-state index is 0.332. The standard InChI is InChI=1S/C26H24FN7O3/c27-19-14-17(34-10-12-36-13-11-34)15-30-22(19)23(28)37-26(29)33-24-25(35)31-20-9-5-4-8-18(20)21(32-24)16-6-2-1-3-7-16/h1-9,14-15,24,28H,10-13H2,(H2,29,33)(H,31,35). The number of ether oxygens (including phenoxy) is 2. The van der Waals surface area contributed by atoms with Crippen molar-refractivity contribution in [1.82, 2.24) is 4.98 Å². The Bertz CT molecular complexity index is 1390. The lowest BCUT2D eigenvalue weighted by Gasteiger charge is -2.28. The lowest BCUT2D eigenvalue weighted by molar-refractivity contribution is -0.117. The number of hydrogen-bond acceptors (Lipinski definition) is 8. The van der Waals surface area contributed by atoms with E-state index in [1.165, 1.54) is 12.3 Å². The molecular weight excluding hydrogens is 477 g/mol. The summed E-state index contributed by atoms with van der Waals surface area (Å²) in [7, 11) is 0. The van der Waals surface area contributed by atoms with Crippen molar-refractivity contribution in [2.75, 3.05) is 36.5 Å². The van der Waals surface area contributed by atoms with Crippen molar-refractivity contribution in [2.24, 2.45) is 15.7 Å². The van der Waals surface area contributed by atoms with Crippen LogP contribution in [-0.4, -0.2) is 61.0 Å². The molecule has 0 bridgehead atoms. The SMILES string of the molecule is N=C(O/C(N)=N/C1N=C(c2ccccc2)c2ccccc2NC1=O)c1ncc(N2CCOCC2)cc1F. The number of nitrogens with one attached hydrogen (secondary N) is 2. The summed E-state index contributed by atoms with van der Waals surface area (Å²) >= 11 is 0. The molecule has 1 amide bonds. The number of aromatic nitrogens is 1. The Hall–Kier alpha value is -4.64. The first-order valence-corrected chi connectivity index (χ1v) is 11.6. The van der Waals surface area contributed by atoms with E-state index >= 15 is 0 Å². The molecule has 1 atom stereocenters. The number of nitrogens with zero attached hydrogens (tertiary/aromatic N) is 4. The molecule has 0 spiro atoms. The molecule has 5 rings (SSSR count). The molecule has 0 saturated carbocycles. The predicted molar refractivity (Wildman–Crippen MR) is 138 cm³/mol.